The Morgan fingerprint density at radius 1 is 1.23 bits per heavy atom. The number of nitrogens with zero attached hydrogens (tertiary/aromatic N) is 2. The molecule has 7 heteroatoms. The van der Waals surface area contributed by atoms with Gasteiger partial charge in [0.1, 0.15) is 5.75 Å². The van der Waals surface area contributed by atoms with Gasteiger partial charge in [-0.3, -0.25) is 14.9 Å². The number of amides is 1. The molecule has 136 valence electrons. The first kappa shape index (κ1) is 19.1. The largest absolute Gasteiger partial charge is 0.478 e. The molecule has 0 spiro atoms. The number of hydrogen-bond acceptors (Lipinski definition) is 5. The third kappa shape index (κ3) is 4.89. The molecule has 1 N–H and O–H groups in total. The lowest BCUT2D eigenvalue weighted by atomic mass is 10.1. The van der Waals surface area contributed by atoms with Gasteiger partial charge in [-0.2, -0.15) is 5.10 Å². The van der Waals surface area contributed by atoms with Crippen LogP contribution in [0.3, 0.4) is 0 Å². The molecule has 0 radical (unpaired) electrons. The van der Waals surface area contributed by atoms with E-state index in [0.29, 0.717) is 11.3 Å². The van der Waals surface area contributed by atoms with Crippen LogP contribution < -0.4 is 10.2 Å². The van der Waals surface area contributed by atoms with E-state index < -0.39 is 16.4 Å². The van der Waals surface area contributed by atoms with Crippen molar-refractivity contribution in [2.75, 3.05) is 0 Å². The Morgan fingerprint density at radius 3 is 2.50 bits per heavy atom. The Balaban J connectivity index is 2.02. The summed E-state index contributed by atoms with van der Waals surface area (Å²) >= 11 is 0. The molecule has 0 saturated heterocycles. The zero-order valence-corrected chi connectivity index (χ0v) is 14.9. The van der Waals surface area contributed by atoms with Crippen LogP contribution in [0.1, 0.15) is 31.9 Å². The minimum absolute atomic E-state index is 0.0861. The topological polar surface area (TPSA) is 93.8 Å². The number of carbonyl (C=O) groups excluding carboxylic acids is 1. The fourth-order valence-corrected chi connectivity index (χ4v) is 2.19. The predicted molar refractivity (Wildman–Crippen MR) is 99.4 cm³/mol. The Bertz CT molecular complexity index is 814. The number of nitro benzene ring substituents is 1. The molecule has 26 heavy (non-hydrogen) atoms. The van der Waals surface area contributed by atoms with Crippen LogP contribution in [0.5, 0.6) is 5.75 Å². The van der Waals surface area contributed by atoms with Gasteiger partial charge >= 0.3 is 0 Å². The Morgan fingerprint density at radius 2 is 1.88 bits per heavy atom. The maximum Gasteiger partial charge on any atom is 0.283 e. The first-order valence-corrected chi connectivity index (χ1v) is 8.18. The molecule has 2 aromatic rings. The van der Waals surface area contributed by atoms with Crippen molar-refractivity contribution in [2.24, 2.45) is 5.10 Å². The molecule has 0 aliphatic carbocycles. The van der Waals surface area contributed by atoms with Crippen molar-refractivity contribution in [1.82, 2.24) is 5.43 Å². The SMILES string of the molecule is CCc1ccc(OC(C)(C)C(=O)NN=Cc2ccccc2[N+](=O)[O-])cc1. The molecule has 0 bridgehead atoms. The lowest BCUT2D eigenvalue weighted by Gasteiger charge is -2.24. The summed E-state index contributed by atoms with van der Waals surface area (Å²) in [4.78, 5) is 22.8. The summed E-state index contributed by atoms with van der Waals surface area (Å²) in [7, 11) is 0. The third-order valence-corrected chi connectivity index (χ3v) is 3.75. The van der Waals surface area contributed by atoms with Crippen molar-refractivity contribution >= 4 is 17.8 Å². The van der Waals surface area contributed by atoms with Crippen LogP contribution in [0.25, 0.3) is 0 Å². The molecule has 0 aliphatic heterocycles. The fraction of sp³-hybridized carbons (Fsp3) is 0.263. The summed E-state index contributed by atoms with van der Waals surface area (Å²) < 4.78 is 5.73. The number of rotatable bonds is 7. The van der Waals surface area contributed by atoms with Gasteiger partial charge in [-0.15, -0.1) is 0 Å². The molecule has 0 atom stereocenters. The monoisotopic (exact) mass is 355 g/mol. The van der Waals surface area contributed by atoms with Crippen molar-refractivity contribution in [3.63, 3.8) is 0 Å². The van der Waals surface area contributed by atoms with Crippen molar-refractivity contribution in [1.29, 1.82) is 0 Å². The Kier molecular flexibility index (Phi) is 6.06. The highest BCUT2D eigenvalue weighted by Gasteiger charge is 2.29. The second kappa shape index (κ2) is 8.24. The number of para-hydroxylation sites is 1. The molecule has 0 fully saturated rings. The standard InChI is InChI=1S/C19H21N3O4/c1-4-14-9-11-16(12-10-14)26-19(2,3)18(23)21-20-13-15-7-5-6-8-17(15)22(24)25/h5-13H,4H2,1-3H3,(H,21,23). The highest BCUT2D eigenvalue weighted by Crippen LogP contribution is 2.20. The maximum absolute atomic E-state index is 12.3. The van der Waals surface area contributed by atoms with Crippen molar-refractivity contribution in [3.05, 3.63) is 69.8 Å². The molecule has 0 aromatic heterocycles. The van der Waals surface area contributed by atoms with E-state index in [1.165, 1.54) is 17.8 Å². The van der Waals surface area contributed by atoms with Gasteiger partial charge in [0.2, 0.25) is 0 Å². The second-order valence-corrected chi connectivity index (χ2v) is 6.12. The van der Waals surface area contributed by atoms with Gasteiger partial charge in [-0.05, 0) is 44.0 Å². The van der Waals surface area contributed by atoms with E-state index in [0.717, 1.165) is 6.42 Å². The summed E-state index contributed by atoms with van der Waals surface area (Å²) in [6, 6.07) is 13.6. The predicted octanol–water partition coefficient (Wildman–Crippen LogP) is 3.46. The van der Waals surface area contributed by atoms with Crippen LogP contribution in [0.4, 0.5) is 5.69 Å². The first-order chi connectivity index (χ1) is 12.3. The molecule has 0 heterocycles. The molecule has 7 nitrogen and oxygen atoms in total. The summed E-state index contributed by atoms with van der Waals surface area (Å²) in [6.45, 7) is 5.30. The number of hydrazone groups is 1. The van der Waals surface area contributed by atoms with Crippen molar-refractivity contribution < 1.29 is 14.5 Å². The number of nitrogens with one attached hydrogen (secondary N) is 1. The zero-order chi connectivity index (χ0) is 19.2. The molecule has 0 aliphatic rings. The highest BCUT2D eigenvalue weighted by atomic mass is 16.6. The van der Waals surface area contributed by atoms with E-state index >= 15 is 0 Å². The maximum atomic E-state index is 12.3. The fourth-order valence-electron chi connectivity index (χ4n) is 2.19. The summed E-state index contributed by atoms with van der Waals surface area (Å²) in [5.41, 5.74) is 2.59. The van der Waals surface area contributed by atoms with Crippen LogP contribution in [-0.4, -0.2) is 22.6 Å². The molecular formula is C19H21N3O4. The number of hydrogen-bond donors (Lipinski definition) is 1. The van der Waals surface area contributed by atoms with Gasteiger partial charge in [0.25, 0.3) is 11.6 Å². The van der Waals surface area contributed by atoms with Crippen LogP contribution in [-0.2, 0) is 11.2 Å². The summed E-state index contributed by atoms with van der Waals surface area (Å²) in [6.07, 6.45) is 2.16. The lowest BCUT2D eigenvalue weighted by Crippen LogP contribution is -2.44. The quantitative estimate of drug-likeness (QED) is 0.467. The summed E-state index contributed by atoms with van der Waals surface area (Å²) in [5.74, 6) is 0.108. The molecule has 0 saturated carbocycles. The average molecular weight is 355 g/mol. The van der Waals surface area contributed by atoms with Crippen molar-refractivity contribution in [2.45, 2.75) is 32.8 Å². The zero-order valence-electron chi connectivity index (χ0n) is 14.9. The van der Waals surface area contributed by atoms with E-state index in [1.54, 1.807) is 32.0 Å². The van der Waals surface area contributed by atoms with Crippen LogP contribution in [0.15, 0.2) is 53.6 Å². The van der Waals surface area contributed by atoms with Gasteiger partial charge in [0.05, 0.1) is 16.7 Å². The minimum atomic E-state index is -1.16. The molecular weight excluding hydrogens is 334 g/mol. The third-order valence-electron chi connectivity index (χ3n) is 3.75. The number of ether oxygens (including phenoxy) is 1. The van der Waals surface area contributed by atoms with Gasteiger partial charge < -0.3 is 4.74 Å². The van der Waals surface area contributed by atoms with Gasteiger partial charge in [-0.25, -0.2) is 5.43 Å². The van der Waals surface area contributed by atoms with Gasteiger partial charge in [0.15, 0.2) is 5.60 Å². The lowest BCUT2D eigenvalue weighted by molar-refractivity contribution is -0.385. The van der Waals surface area contributed by atoms with Crippen LogP contribution >= 0.6 is 0 Å². The first-order valence-electron chi connectivity index (χ1n) is 8.18. The number of nitro groups is 1. The molecule has 0 unspecified atom stereocenters. The van der Waals surface area contributed by atoms with E-state index in [-0.39, 0.29) is 5.69 Å². The van der Waals surface area contributed by atoms with Gasteiger partial charge in [-0.1, -0.05) is 31.2 Å². The van der Waals surface area contributed by atoms with Crippen LogP contribution in [0, 0.1) is 10.1 Å². The van der Waals surface area contributed by atoms with Crippen molar-refractivity contribution in [3.8, 4) is 5.75 Å². The normalized spacial score (nSPS) is 11.3. The van der Waals surface area contributed by atoms with E-state index in [2.05, 4.69) is 17.5 Å². The molecule has 1 amide bonds. The summed E-state index contributed by atoms with van der Waals surface area (Å²) in [5, 5.41) is 14.8. The number of carbonyl (C=O) groups is 1. The highest BCUT2D eigenvalue weighted by molar-refractivity contribution is 5.88. The van der Waals surface area contributed by atoms with Crippen LogP contribution in [0.2, 0.25) is 0 Å². The van der Waals surface area contributed by atoms with E-state index in [1.807, 2.05) is 24.3 Å². The smallest absolute Gasteiger partial charge is 0.283 e. The average Bonchev–Trinajstić information content (AvgIpc) is 2.62. The second-order valence-electron chi connectivity index (χ2n) is 6.12. The van der Waals surface area contributed by atoms with Gasteiger partial charge in [0, 0.05) is 6.07 Å². The molecule has 2 rings (SSSR count). The Labute approximate surface area is 151 Å². The Hall–Kier alpha value is -3.22. The molecule has 2 aromatic carbocycles. The van der Waals surface area contributed by atoms with E-state index in [9.17, 15) is 14.9 Å². The number of benzene rings is 2. The number of aryl methyl sites for hydroxylation is 1. The minimum Gasteiger partial charge on any atom is -0.478 e. The van der Waals surface area contributed by atoms with E-state index in [4.69, 9.17) is 4.74 Å².